The minimum atomic E-state index is -0.983. The van der Waals surface area contributed by atoms with Gasteiger partial charge in [-0.15, -0.1) is 0 Å². The van der Waals surface area contributed by atoms with Crippen molar-refractivity contribution in [1.29, 1.82) is 0 Å². The molecular weight excluding hydrogens is 274 g/mol. The van der Waals surface area contributed by atoms with Crippen LogP contribution in [0.2, 0.25) is 5.02 Å². The summed E-state index contributed by atoms with van der Waals surface area (Å²) in [6, 6.07) is 7.27. The Morgan fingerprint density at radius 3 is 2.67 bits per heavy atom. The van der Waals surface area contributed by atoms with Crippen LogP contribution in [0.1, 0.15) is 12.0 Å². The molecule has 0 bridgehead atoms. The van der Waals surface area contributed by atoms with Gasteiger partial charge >= 0.3 is 5.97 Å². The third-order valence-corrected chi connectivity index (χ3v) is 3.83. The number of carbonyl (C=O) groups is 2. The Morgan fingerprint density at radius 2 is 2.06 bits per heavy atom. The fraction of sp³-hybridized carbons (Fsp3) is 0.250. The lowest BCUT2D eigenvalue weighted by Crippen LogP contribution is -2.15. The number of rotatable bonds is 4. The van der Waals surface area contributed by atoms with Gasteiger partial charge in [-0.25, -0.2) is 4.99 Å². The van der Waals surface area contributed by atoms with Gasteiger partial charge in [-0.05, 0) is 17.7 Å². The molecule has 1 amide bonds. The van der Waals surface area contributed by atoms with Crippen molar-refractivity contribution < 1.29 is 14.7 Å². The smallest absolute Gasteiger partial charge is 0.305 e. The van der Waals surface area contributed by atoms with Crippen molar-refractivity contribution >= 4 is 40.3 Å². The lowest BCUT2D eigenvalue weighted by atomic mass is 10.2. The summed E-state index contributed by atoms with van der Waals surface area (Å²) in [4.78, 5) is 25.9. The number of thioether (sulfide) groups is 1. The molecule has 0 unspecified atom stereocenters. The van der Waals surface area contributed by atoms with Crippen molar-refractivity contribution in [1.82, 2.24) is 0 Å². The Morgan fingerprint density at radius 1 is 1.39 bits per heavy atom. The van der Waals surface area contributed by atoms with Gasteiger partial charge in [-0.3, -0.25) is 9.59 Å². The minimum Gasteiger partial charge on any atom is -0.481 e. The van der Waals surface area contributed by atoms with Crippen LogP contribution in [0, 0.1) is 0 Å². The van der Waals surface area contributed by atoms with E-state index in [1.54, 1.807) is 12.1 Å². The van der Waals surface area contributed by atoms with E-state index in [9.17, 15) is 9.59 Å². The second kappa shape index (κ2) is 5.54. The molecule has 4 nitrogen and oxygen atoms in total. The van der Waals surface area contributed by atoms with E-state index in [1.807, 2.05) is 12.1 Å². The summed E-state index contributed by atoms with van der Waals surface area (Å²) in [5.74, 6) is -1.34. The number of carboxylic acid groups (broad SMARTS) is 1. The van der Waals surface area contributed by atoms with Crippen molar-refractivity contribution in [2.75, 3.05) is 0 Å². The van der Waals surface area contributed by atoms with Crippen LogP contribution in [0.4, 0.5) is 0 Å². The zero-order valence-electron chi connectivity index (χ0n) is 9.30. The Bertz CT molecular complexity index is 513. The zero-order valence-corrected chi connectivity index (χ0v) is 10.9. The maximum Gasteiger partial charge on any atom is 0.305 e. The number of carboxylic acids is 1. The van der Waals surface area contributed by atoms with Crippen molar-refractivity contribution in [3.05, 3.63) is 34.9 Å². The molecule has 1 aliphatic heterocycles. The highest BCUT2D eigenvalue weighted by Gasteiger charge is 2.30. The molecule has 1 atom stereocenters. The van der Waals surface area contributed by atoms with E-state index in [0.29, 0.717) is 16.5 Å². The molecular formula is C12H10ClNO3S. The van der Waals surface area contributed by atoms with Crippen molar-refractivity contribution in [2.24, 2.45) is 4.99 Å². The number of nitrogens with zero attached hydrogens (tertiary/aromatic N) is 1. The number of aliphatic imine (C=N–C) groups is 1. The minimum absolute atomic E-state index is 0.183. The SMILES string of the molecule is O=C(O)C[C@@H]1SC(Cc2ccc(Cl)cc2)=NC1=O. The molecule has 1 aromatic rings. The molecule has 0 spiro atoms. The maximum atomic E-state index is 11.5. The average molecular weight is 284 g/mol. The van der Waals surface area contributed by atoms with Crippen LogP contribution >= 0.6 is 23.4 Å². The van der Waals surface area contributed by atoms with Gasteiger partial charge in [0.05, 0.1) is 11.5 Å². The van der Waals surface area contributed by atoms with Crippen LogP contribution in [0.15, 0.2) is 29.3 Å². The predicted molar refractivity (Wildman–Crippen MR) is 71.2 cm³/mol. The molecule has 0 saturated carbocycles. The summed E-state index contributed by atoms with van der Waals surface area (Å²) in [5.41, 5.74) is 0.995. The molecule has 1 aliphatic rings. The van der Waals surface area contributed by atoms with Gasteiger partial charge in [0, 0.05) is 11.4 Å². The quantitative estimate of drug-likeness (QED) is 0.921. The van der Waals surface area contributed by atoms with E-state index in [1.165, 1.54) is 11.8 Å². The van der Waals surface area contributed by atoms with Gasteiger partial charge in [0.2, 0.25) is 0 Å². The van der Waals surface area contributed by atoms with E-state index >= 15 is 0 Å². The molecule has 0 radical (unpaired) electrons. The molecule has 1 N–H and O–H groups in total. The predicted octanol–water partition coefficient (Wildman–Crippen LogP) is 2.40. The van der Waals surface area contributed by atoms with E-state index in [-0.39, 0.29) is 12.3 Å². The van der Waals surface area contributed by atoms with Crippen molar-refractivity contribution in [2.45, 2.75) is 18.1 Å². The maximum absolute atomic E-state index is 11.5. The highest BCUT2D eigenvalue weighted by atomic mass is 35.5. The van der Waals surface area contributed by atoms with Crippen LogP contribution in [0.25, 0.3) is 0 Å². The Balaban J connectivity index is 1.99. The summed E-state index contributed by atoms with van der Waals surface area (Å²) in [7, 11) is 0. The van der Waals surface area contributed by atoms with E-state index in [2.05, 4.69) is 4.99 Å². The largest absolute Gasteiger partial charge is 0.481 e. The van der Waals surface area contributed by atoms with Gasteiger partial charge in [0.1, 0.15) is 5.25 Å². The summed E-state index contributed by atoms with van der Waals surface area (Å²) < 4.78 is 0. The van der Waals surface area contributed by atoms with E-state index < -0.39 is 11.2 Å². The zero-order chi connectivity index (χ0) is 13.1. The number of carbonyl (C=O) groups excluding carboxylic acids is 1. The molecule has 0 aromatic heterocycles. The third kappa shape index (κ3) is 3.34. The molecule has 1 heterocycles. The first-order chi connectivity index (χ1) is 8.54. The summed E-state index contributed by atoms with van der Waals surface area (Å²) in [5, 5.41) is 9.40. The number of benzene rings is 1. The van der Waals surface area contributed by atoms with Crippen LogP contribution in [0.3, 0.4) is 0 Å². The molecule has 0 saturated heterocycles. The number of hydrogen-bond acceptors (Lipinski definition) is 3. The topological polar surface area (TPSA) is 66.7 Å². The van der Waals surface area contributed by atoms with Gasteiger partial charge < -0.3 is 5.11 Å². The third-order valence-electron chi connectivity index (χ3n) is 2.42. The summed E-state index contributed by atoms with van der Waals surface area (Å²) in [6.45, 7) is 0. The van der Waals surface area contributed by atoms with Crippen LogP contribution < -0.4 is 0 Å². The number of hydrogen-bond donors (Lipinski definition) is 1. The van der Waals surface area contributed by atoms with E-state index in [4.69, 9.17) is 16.7 Å². The van der Waals surface area contributed by atoms with Crippen LogP contribution in [-0.4, -0.2) is 27.3 Å². The molecule has 6 heteroatoms. The van der Waals surface area contributed by atoms with Gasteiger partial charge in [0.25, 0.3) is 5.91 Å². The molecule has 94 valence electrons. The highest BCUT2D eigenvalue weighted by molar-refractivity contribution is 8.15. The first-order valence-corrected chi connectivity index (χ1v) is 6.54. The van der Waals surface area contributed by atoms with Crippen molar-refractivity contribution in [3.63, 3.8) is 0 Å². The fourth-order valence-electron chi connectivity index (χ4n) is 1.58. The Hall–Kier alpha value is -1.33. The second-order valence-corrected chi connectivity index (χ2v) is 5.56. The second-order valence-electron chi connectivity index (χ2n) is 3.85. The molecule has 1 aromatic carbocycles. The highest BCUT2D eigenvalue weighted by Crippen LogP contribution is 2.27. The average Bonchev–Trinajstić information content (AvgIpc) is 2.62. The number of aliphatic carboxylic acids is 1. The van der Waals surface area contributed by atoms with Crippen molar-refractivity contribution in [3.8, 4) is 0 Å². The summed E-state index contributed by atoms with van der Waals surface area (Å²) in [6.07, 6.45) is 0.348. The Kier molecular flexibility index (Phi) is 4.04. The van der Waals surface area contributed by atoms with Crippen LogP contribution in [0.5, 0.6) is 0 Å². The van der Waals surface area contributed by atoms with Gasteiger partial charge in [-0.2, -0.15) is 0 Å². The van der Waals surface area contributed by atoms with Gasteiger partial charge in [0.15, 0.2) is 0 Å². The lowest BCUT2D eigenvalue weighted by molar-refractivity contribution is -0.138. The summed E-state index contributed by atoms with van der Waals surface area (Å²) >= 11 is 7.01. The molecule has 0 aliphatic carbocycles. The fourth-order valence-corrected chi connectivity index (χ4v) is 2.81. The number of halogens is 1. The first-order valence-electron chi connectivity index (χ1n) is 5.29. The molecule has 0 fully saturated rings. The molecule has 2 rings (SSSR count). The normalized spacial score (nSPS) is 18.8. The van der Waals surface area contributed by atoms with Crippen LogP contribution in [-0.2, 0) is 16.0 Å². The molecule has 18 heavy (non-hydrogen) atoms. The lowest BCUT2D eigenvalue weighted by Gasteiger charge is -2.03. The first kappa shape index (κ1) is 13.1. The number of amides is 1. The van der Waals surface area contributed by atoms with E-state index in [0.717, 1.165) is 5.56 Å². The monoisotopic (exact) mass is 283 g/mol. The Labute approximate surface area is 113 Å². The standard InChI is InChI=1S/C12H10ClNO3S/c13-8-3-1-7(2-4-8)5-10-14-12(17)9(18-10)6-11(15)16/h1-4,9H,5-6H2,(H,15,16)/t9-/m0/s1. The van der Waals surface area contributed by atoms with Gasteiger partial charge in [-0.1, -0.05) is 35.5 Å².